The van der Waals surface area contributed by atoms with Crippen molar-refractivity contribution >= 4 is 98.7 Å². The minimum atomic E-state index is 0. The van der Waals surface area contributed by atoms with Crippen LogP contribution in [-0.4, -0.2) is 73.5 Å². The van der Waals surface area contributed by atoms with E-state index in [9.17, 15) is 0 Å². The Hall–Kier alpha value is -17.1. The van der Waals surface area contributed by atoms with Crippen LogP contribution in [0.3, 0.4) is 0 Å². The third-order valence-corrected chi connectivity index (χ3v) is 24.9. The van der Waals surface area contributed by atoms with Gasteiger partial charge in [0.1, 0.15) is 34.4 Å². The van der Waals surface area contributed by atoms with Gasteiger partial charge in [-0.25, -0.2) is 0 Å². The van der Waals surface area contributed by atoms with Gasteiger partial charge in [0.05, 0.1) is 16.6 Å². The summed E-state index contributed by atoms with van der Waals surface area (Å²) in [6.07, 6.45) is 27.3. The molecule has 15 heterocycles. The van der Waals surface area contributed by atoms with Gasteiger partial charge in [0.2, 0.25) is 0 Å². The maximum atomic E-state index is 6.35. The molecule has 15 aromatic heterocycles. The summed E-state index contributed by atoms with van der Waals surface area (Å²) in [5.74, 6) is 1.59. The molecule has 141 heavy (non-hydrogen) atoms. The Morgan fingerprint density at radius 3 is 1.04 bits per heavy atom. The average molecular weight is 2350 g/mol. The molecule has 0 N–H and O–H groups in total. The Bertz CT molecular complexity index is 9210. The normalized spacial score (nSPS) is 11.2. The van der Waals surface area contributed by atoms with Crippen molar-refractivity contribution in [3.8, 4) is 152 Å². The van der Waals surface area contributed by atoms with E-state index in [1.54, 1.807) is 43.4 Å². The summed E-state index contributed by atoms with van der Waals surface area (Å²) in [5, 5.41) is 6.57. The number of fused-ring (bicyclic) bond motifs is 12. The van der Waals surface area contributed by atoms with Crippen molar-refractivity contribution in [2.45, 2.75) is 0 Å². The monoisotopic (exact) mass is 2350 g/mol. The van der Waals surface area contributed by atoms with Crippen molar-refractivity contribution in [3.63, 3.8) is 0 Å². The van der Waals surface area contributed by atoms with Gasteiger partial charge in [0.25, 0.3) is 0 Å². The van der Waals surface area contributed by atoms with Gasteiger partial charge in [-0.05, 0) is 256 Å². The SMILES string of the molecule is [Pt+2].[Pt+2].[Pt+2].[c-]1c(-c2ccc(-c3ccncc3)cn2)ccc(-c2ccncc2)c1-n1c2[c-]c(-c3nc4ccccc4o3)ccc2c2ccccc21.[c-]1c(-c2ccc(-c3ccncc3)cn2)cccc1-n1c2[c-]c(-c3nc4ccccc4o3)ccc2c2cc(-c3ccncc3)ccc21.[c-]1c(-c2ccccn2)cccc1-n1c2[c-]c(-c3nc4ccc(-c5ccncc5)cc4o3)ccc2c2cc(-c3ccncc3)ccc21. The van der Waals surface area contributed by atoms with Gasteiger partial charge in [-0.3, -0.25) is 44.9 Å². The molecular formula is C120H69N15O3Pt3. The molecule has 0 fully saturated rings. The molecule has 0 spiro atoms. The van der Waals surface area contributed by atoms with Gasteiger partial charge in [0, 0.05) is 110 Å². The first-order valence-corrected chi connectivity index (χ1v) is 44.9. The first-order valence-electron chi connectivity index (χ1n) is 44.9. The third-order valence-electron chi connectivity index (χ3n) is 24.9. The van der Waals surface area contributed by atoms with Gasteiger partial charge < -0.3 is 41.9 Å². The number of para-hydroxylation sites is 5. The topological polar surface area (TPSA) is 209 Å². The van der Waals surface area contributed by atoms with Crippen molar-refractivity contribution in [1.29, 1.82) is 0 Å². The molecule has 0 aliphatic rings. The number of hydrogen-bond donors (Lipinski definition) is 0. The van der Waals surface area contributed by atoms with E-state index in [0.717, 1.165) is 233 Å². The minimum Gasteiger partial charge on any atom is -0.481 e. The number of benzene rings is 12. The number of nitrogens with zero attached hydrogens (tertiary/aromatic N) is 15. The van der Waals surface area contributed by atoms with Crippen LogP contribution in [0.25, 0.3) is 251 Å². The summed E-state index contributed by atoms with van der Waals surface area (Å²) in [4.78, 5) is 53.6. The molecule has 18 nitrogen and oxygen atoms in total. The molecule has 672 valence electrons. The van der Waals surface area contributed by atoms with Crippen LogP contribution in [0.2, 0.25) is 0 Å². The zero-order valence-electron chi connectivity index (χ0n) is 74.2. The van der Waals surface area contributed by atoms with Gasteiger partial charge in [-0.1, -0.05) is 153 Å². The molecule has 27 aromatic rings. The van der Waals surface area contributed by atoms with Crippen LogP contribution in [0.15, 0.2) is 434 Å². The van der Waals surface area contributed by atoms with Crippen LogP contribution in [-0.2, 0) is 63.2 Å². The van der Waals surface area contributed by atoms with Crippen molar-refractivity contribution in [1.82, 2.24) is 73.5 Å². The minimum absolute atomic E-state index is 0. The number of aromatic nitrogens is 15. The van der Waals surface area contributed by atoms with Crippen LogP contribution in [0.4, 0.5) is 0 Å². The first kappa shape index (κ1) is 89.1. The van der Waals surface area contributed by atoms with E-state index >= 15 is 0 Å². The van der Waals surface area contributed by atoms with Crippen LogP contribution >= 0.6 is 0 Å². The molecule has 0 atom stereocenters. The standard InChI is InChI=1S/3C40H23N5O.3Pt/c1-3-7-36-32(5-1)33-13-10-29(40-44-35-6-2-4-8-39(35)46-40)24-38(33)45(36)37-23-28(9-12-31(37)27-17-21-42-22-18-27)34-14-11-30(25-43-34)26-15-19-41-20-16-26;1-2-17-43-35(6-1)30-4-3-5-32(22-30)45-37-12-9-28(26-13-18-41-19-14-26)23-34(37)33-10-7-31(24-38(33)45)40-44-36-11-8-29(25-39(36)46-40)27-15-20-42-21-16-27;1-2-7-39-36(6-1)44-40(46-39)30-8-11-33-34-23-28(26-14-18-41-19-15-26)10-13-37(34)45(38(33)24-30)32-5-3-4-29(22-32)35-12-9-31(25-43-35)27-16-20-42-21-17-27;;;/h1-22,25H;2*1-21,23,25H;;;/q3*-2;3*+2. The predicted molar refractivity (Wildman–Crippen MR) is 543 cm³/mol. The van der Waals surface area contributed by atoms with E-state index < -0.39 is 0 Å². The van der Waals surface area contributed by atoms with Gasteiger partial charge in [-0.15, -0.1) is 138 Å². The molecule has 0 bridgehead atoms. The summed E-state index contributed by atoms with van der Waals surface area (Å²) in [6.45, 7) is 0. The fourth-order valence-corrected chi connectivity index (χ4v) is 18.2. The van der Waals surface area contributed by atoms with Crippen molar-refractivity contribution in [3.05, 3.63) is 457 Å². The van der Waals surface area contributed by atoms with E-state index in [1.165, 1.54) is 0 Å². The quantitative estimate of drug-likeness (QED) is 0.0874. The van der Waals surface area contributed by atoms with E-state index in [4.69, 9.17) is 38.2 Å². The largest absolute Gasteiger partial charge is 2.00 e. The second kappa shape index (κ2) is 38.8. The fourth-order valence-electron chi connectivity index (χ4n) is 18.2. The zero-order valence-corrected chi connectivity index (χ0v) is 81.0. The van der Waals surface area contributed by atoms with E-state index in [0.29, 0.717) is 17.7 Å². The van der Waals surface area contributed by atoms with E-state index in [-0.39, 0.29) is 63.2 Å². The fraction of sp³-hybridized carbons (Fsp3) is 0. The molecule has 0 saturated carbocycles. The Kier molecular flexibility index (Phi) is 24.5. The Morgan fingerprint density at radius 2 is 0.582 bits per heavy atom. The molecule has 0 aliphatic heterocycles. The first-order chi connectivity index (χ1) is 68.4. The molecule has 0 aliphatic carbocycles. The van der Waals surface area contributed by atoms with Crippen LogP contribution in [0, 0.1) is 36.4 Å². The zero-order chi connectivity index (χ0) is 91.4. The summed E-state index contributed by atoms with van der Waals surface area (Å²) >= 11 is 0. The van der Waals surface area contributed by atoms with Crippen molar-refractivity contribution in [2.24, 2.45) is 0 Å². The Morgan fingerprint density at radius 1 is 0.213 bits per heavy atom. The smallest absolute Gasteiger partial charge is 0.481 e. The van der Waals surface area contributed by atoms with E-state index in [1.807, 2.05) is 256 Å². The molecule has 0 unspecified atom stereocenters. The Labute approximate surface area is 850 Å². The van der Waals surface area contributed by atoms with Gasteiger partial charge in [-0.2, -0.15) is 0 Å². The third kappa shape index (κ3) is 17.2. The molecule has 0 radical (unpaired) electrons. The van der Waals surface area contributed by atoms with Gasteiger partial charge in [0.15, 0.2) is 0 Å². The summed E-state index contributed by atoms with van der Waals surface area (Å²) < 4.78 is 25.3. The number of hydrogen-bond acceptors (Lipinski definition) is 15. The summed E-state index contributed by atoms with van der Waals surface area (Å²) in [5.41, 5.74) is 33.6. The van der Waals surface area contributed by atoms with E-state index in [2.05, 4.69) is 206 Å². The van der Waals surface area contributed by atoms with Crippen molar-refractivity contribution < 1.29 is 76.4 Å². The number of pyridine rings is 9. The maximum absolute atomic E-state index is 6.35. The second-order valence-corrected chi connectivity index (χ2v) is 33.1. The molecule has 21 heteroatoms. The van der Waals surface area contributed by atoms with Crippen molar-refractivity contribution in [2.75, 3.05) is 0 Å². The van der Waals surface area contributed by atoms with Crippen LogP contribution in [0.1, 0.15) is 0 Å². The molecule has 0 amide bonds. The molecular weight excluding hydrogens is 2280 g/mol. The summed E-state index contributed by atoms with van der Waals surface area (Å²) in [6, 6.07) is 133. The predicted octanol–water partition coefficient (Wildman–Crippen LogP) is 28.1. The second-order valence-electron chi connectivity index (χ2n) is 33.1. The average Bonchev–Trinajstić information content (AvgIpc) is 1.59. The Balaban J connectivity index is 0.000000120. The number of rotatable bonds is 15. The number of oxazole rings is 3. The maximum Gasteiger partial charge on any atom is 2.00 e. The van der Waals surface area contributed by atoms with Crippen LogP contribution in [0.5, 0.6) is 0 Å². The molecule has 12 aromatic carbocycles. The van der Waals surface area contributed by atoms with Gasteiger partial charge >= 0.3 is 63.2 Å². The van der Waals surface area contributed by atoms with Crippen LogP contribution < -0.4 is 0 Å². The molecule has 0 saturated heterocycles. The summed E-state index contributed by atoms with van der Waals surface area (Å²) in [7, 11) is 0. The molecule has 27 rings (SSSR count).